The highest BCUT2D eigenvalue weighted by molar-refractivity contribution is 5.42. The first-order chi connectivity index (χ1) is 8.40. The van der Waals surface area contributed by atoms with E-state index in [0.717, 1.165) is 12.8 Å². The second kappa shape index (κ2) is 4.68. The van der Waals surface area contributed by atoms with Gasteiger partial charge in [-0.05, 0) is 37.0 Å². The molecule has 1 aliphatic carbocycles. The first-order valence-corrected chi connectivity index (χ1v) is 5.60. The summed E-state index contributed by atoms with van der Waals surface area (Å²) in [5, 5.41) is 0. The van der Waals surface area contributed by atoms with Crippen molar-refractivity contribution in [1.29, 1.82) is 0 Å². The summed E-state index contributed by atoms with van der Waals surface area (Å²) < 4.78 is 45.4. The second-order valence-corrected chi connectivity index (χ2v) is 4.31. The van der Waals surface area contributed by atoms with E-state index < -0.39 is 6.36 Å². The summed E-state index contributed by atoms with van der Waals surface area (Å²) in [6.07, 6.45) is -2.71. The summed E-state index contributed by atoms with van der Waals surface area (Å²) in [6.45, 7) is 0. The molecule has 2 N–H and O–H groups in total. The number of benzene rings is 1. The summed E-state index contributed by atoms with van der Waals surface area (Å²) in [5.74, 6) is 0.540. The monoisotopic (exact) mass is 261 g/mol. The molecular weight excluding hydrogens is 247 g/mol. The third-order valence-electron chi connectivity index (χ3n) is 2.92. The van der Waals surface area contributed by atoms with Gasteiger partial charge in [0, 0.05) is 11.6 Å². The standard InChI is InChI=1S/C12H14F3NO2/c1-17-10-5-4-8(18-12(13,14)15)6-9(10)11(16)7-2-3-7/h4-7,11H,2-3,16H2,1H3/t11-/m1/s1. The molecule has 1 aromatic carbocycles. The van der Waals surface area contributed by atoms with Crippen LogP contribution in [0.3, 0.4) is 0 Å². The van der Waals surface area contributed by atoms with Crippen LogP contribution >= 0.6 is 0 Å². The van der Waals surface area contributed by atoms with Crippen LogP contribution in [0, 0.1) is 5.92 Å². The quantitative estimate of drug-likeness (QED) is 0.906. The highest BCUT2D eigenvalue weighted by Crippen LogP contribution is 2.43. The molecule has 2 rings (SSSR count). The fourth-order valence-electron chi connectivity index (χ4n) is 1.88. The minimum Gasteiger partial charge on any atom is -0.496 e. The van der Waals surface area contributed by atoms with Crippen molar-refractivity contribution in [2.45, 2.75) is 25.2 Å². The maximum atomic E-state index is 12.1. The summed E-state index contributed by atoms with van der Waals surface area (Å²) >= 11 is 0. The highest BCUT2D eigenvalue weighted by Gasteiger charge is 2.34. The van der Waals surface area contributed by atoms with Gasteiger partial charge in [-0.15, -0.1) is 13.2 Å². The van der Waals surface area contributed by atoms with Crippen molar-refractivity contribution in [3.05, 3.63) is 23.8 Å². The third-order valence-corrected chi connectivity index (χ3v) is 2.92. The minimum atomic E-state index is -4.70. The zero-order chi connectivity index (χ0) is 13.3. The van der Waals surface area contributed by atoms with Crippen LogP contribution in [0.5, 0.6) is 11.5 Å². The highest BCUT2D eigenvalue weighted by atomic mass is 19.4. The lowest BCUT2D eigenvalue weighted by molar-refractivity contribution is -0.274. The van der Waals surface area contributed by atoms with Crippen molar-refractivity contribution >= 4 is 0 Å². The molecule has 0 heterocycles. The molecule has 1 aromatic rings. The second-order valence-electron chi connectivity index (χ2n) is 4.31. The number of hydrogen-bond acceptors (Lipinski definition) is 3. The van der Waals surface area contributed by atoms with E-state index in [2.05, 4.69) is 4.74 Å². The Morgan fingerprint density at radius 3 is 2.50 bits per heavy atom. The number of halogens is 3. The number of ether oxygens (including phenoxy) is 2. The summed E-state index contributed by atoms with van der Waals surface area (Å²) in [6, 6.07) is 3.65. The Labute approximate surface area is 103 Å². The number of nitrogens with two attached hydrogens (primary N) is 1. The van der Waals surface area contributed by atoms with Crippen molar-refractivity contribution in [1.82, 2.24) is 0 Å². The molecular formula is C12H14F3NO2. The van der Waals surface area contributed by atoms with E-state index in [0.29, 0.717) is 17.2 Å². The van der Waals surface area contributed by atoms with Crippen LogP contribution in [0.2, 0.25) is 0 Å². The van der Waals surface area contributed by atoms with Gasteiger partial charge >= 0.3 is 6.36 Å². The number of hydrogen-bond donors (Lipinski definition) is 1. The van der Waals surface area contributed by atoms with E-state index in [1.54, 1.807) is 0 Å². The van der Waals surface area contributed by atoms with Crippen LogP contribution in [-0.2, 0) is 0 Å². The maximum absolute atomic E-state index is 12.1. The molecule has 100 valence electrons. The molecule has 0 unspecified atom stereocenters. The molecule has 0 aliphatic heterocycles. The Hall–Kier alpha value is -1.43. The number of alkyl halides is 3. The molecule has 0 spiro atoms. The fraction of sp³-hybridized carbons (Fsp3) is 0.500. The SMILES string of the molecule is COc1ccc(OC(F)(F)F)cc1[C@H](N)C1CC1. The van der Waals surface area contributed by atoms with Crippen LogP contribution in [0.25, 0.3) is 0 Å². The van der Waals surface area contributed by atoms with Gasteiger partial charge in [0.05, 0.1) is 7.11 Å². The van der Waals surface area contributed by atoms with E-state index in [1.165, 1.54) is 25.3 Å². The maximum Gasteiger partial charge on any atom is 0.573 e. The largest absolute Gasteiger partial charge is 0.573 e. The van der Waals surface area contributed by atoms with Gasteiger partial charge in [0.2, 0.25) is 0 Å². The van der Waals surface area contributed by atoms with E-state index in [9.17, 15) is 13.2 Å². The molecule has 0 saturated heterocycles. The molecule has 6 heteroatoms. The van der Waals surface area contributed by atoms with Gasteiger partial charge in [0.15, 0.2) is 0 Å². The lowest BCUT2D eigenvalue weighted by atomic mass is 10.0. The zero-order valence-corrected chi connectivity index (χ0v) is 9.83. The summed E-state index contributed by atoms with van der Waals surface area (Å²) in [5.41, 5.74) is 6.55. The van der Waals surface area contributed by atoms with E-state index >= 15 is 0 Å². The molecule has 1 aliphatic rings. The van der Waals surface area contributed by atoms with Gasteiger partial charge in [-0.25, -0.2) is 0 Å². The normalized spacial score (nSPS) is 17.4. The van der Waals surface area contributed by atoms with Crippen molar-refractivity contribution in [3.8, 4) is 11.5 Å². The van der Waals surface area contributed by atoms with Crippen LogP contribution in [-0.4, -0.2) is 13.5 Å². The topological polar surface area (TPSA) is 44.5 Å². The average Bonchev–Trinajstić information content (AvgIpc) is 3.09. The summed E-state index contributed by atoms with van der Waals surface area (Å²) in [4.78, 5) is 0. The van der Waals surface area contributed by atoms with Gasteiger partial charge in [0.25, 0.3) is 0 Å². The lowest BCUT2D eigenvalue weighted by Gasteiger charge is -2.17. The average molecular weight is 261 g/mol. The van der Waals surface area contributed by atoms with E-state index in [-0.39, 0.29) is 11.8 Å². The molecule has 3 nitrogen and oxygen atoms in total. The zero-order valence-electron chi connectivity index (χ0n) is 9.83. The van der Waals surface area contributed by atoms with Gasteiger partial charge in [-0.3, -0.25) is 0 Å². The Balaban J connectivity index is 2.26. The first-order valence-electron chi connectivity index (χ1n) is 5.60. The molecule has 18 heavy (non-hydrogen) atoms. The molecule has 1 atom stereocenters. The molecule has 0 aromatic heterocycles. The lowest BCUT2D eigenvalue weighted by Crippen LogP contribution is -2.18. The predicted octanol–water partition coefficient (Wildman–Crippen LogP) is 3.00. The van der Waals surface area contributed by atoms with Gasteiger partial charge in [-0.2, -0.15) is 0 Å². The fourth-order valence-corrected chi connectivity index (χ4v) is 1.88. The summed E-state index contributed by atoms with van der Waals surface area (Å²) in [7, 11) is 1.46. The van der Waals surface area contributed by atoms with Gasteiger partial charge in [0.1, 0.15) is 11.5 Å². The van der Waals surface area contributed by atoms with Crippen LogP contribution in [0.4, 0.5) is 13.2 Å². The third kappa shape index (κ3) is 3.07. The van der Waals surface area contributed by atoms with Crippen molar-refractivity contribution in [3.63, 3.8) is 0 Å². The van der Waals surface area contributed by atoms with Crippen molar-refractivity contribution in [2.24, 2.45) is 11.7 Å². The Bertz CT molecular complexity index is 430. The Morgan fingerprint density at radius 2 is 2.00 bits per heavy atom. The Kier molecular flexibility index (Phi) is 3.38. The molecule has 0 amide bonds. The van der Waals surface area contributed by atoms with E-state index in [4.69, 9.17) is 10.5 Å². The Morgan fingerprint density at radius 1 is 1.33 bits per heavy atom. The minimum absolute atomic E-state index is 0.269. The smallest absolute Gasteiger partial charge is 0.496 e. The van der Waals surface area contributed by atoms with Crippen LogP contribution in [0.15, 0.2) is 18.2 Å². The van der Waals surface area contributed by atoms with Crippen molar-refractivity contribution < 1.29 is 22.6 Å². The van der Waals surface area contributed by atoms with E-state index in [1.807, 2.05) is 0 Å². The molecule has 1 fully saturated rings. The number of rotatable bonds is 4. The van der Waals surface area contributed by atoms with Gasteiger partial charge < -0.3 is 15.2 Å². The van der Waals surface area contributed by atoms with Crippen molar-refractivity contribution in [2.75, 3.05) is 7.11 Å². The van der Waals surface area contributed by atoms with Crippen LogP contribution in [0.1, 0.15) is 24.4 Å². The molecule has 0 radical (unpaired) electrons. The first kappa shape index (κ1) is 13.0. The predicted molar refractivity (Wildman–Crippen MR) is 59.3 cm³/mol. The van der Waals surface area contributed by atoms with Gasteiger partial charge in [-0.1, -0.05) is 0 Å². The van der Waals surface area contributed by atoms with Crippen LogP contribution < -0.4 is 15.2 Å². The molecule has 1 saturated carbocycles. The molecule has 0 bridgehead atoms. The number of methoxy groups -OCH3 is 1.